The predicted octanol–water partition coefficient (Wildman–Crippen LogP) is 2.00. The van der Waals surface area contributed by atoms with E-state index in [1.54, 1.807) is 0 Å². The zero-order chi connectivity index (χ0) is 15.0. The highest BCUT2D eigenvalue weighted by Gasteiger charge is 2.15. The second-order valence-corrected chi connectivity index (χ2v) is 5.06. The van der Waals surface area contributed by atoms with Gasteiger partial charge in [-0.15, -0.1) is 0 Å². The number of rotatable bonds is 3. The van der Waals surface area contributed by atoms with Gasteiger partial charge in [-0.25, -0.2) is 8.96 Å². The lowest BCUT2D eigenvalue weighted by Crippen LogP contribution is -2.14. The first-order valence-electron chi connectivity index (χ1n) is 5.91. The minimum absolute atomic E-state index is 0.119. The van der Waals surface area contributed by atoms with Crippen molar-refractivity contribution in [3.05, 3.63) is 39.8 Å². The van der Waals surface area contributed by atoms with Gasteiger partial charge in [-0.1, -0.05) is 11.3 Å². The third-order valence-electron chi connectivity index (χ3n) is 2.83. The van der Waals surface area contributed by atoms with Crippen LogP contribution in [0.2, 0.25) is 0 Å². The van der Waals surface area contributed by atoms with Gasteiger partial charge in [0, 0.05) is 0 Å². The number of methoxy groups -OCH3 is 2. The van der Waals surface area contributed by atoms with Gasteiger partial charge < -0.3 is 9.47 Å². The Labute approximate surface area is 122 Å². The number of halogens is 1. The largest absolute Gasteiger partial charge is 0.481 e. The lowest BCUT2D eigenvalue weighted by molar-refractivity contribution is 0.370. The fourth-order valence-electron chi connectivity index (χ4n) is 1.88. The summed E-state index contributed by atoms with van der Waals surface area (Å²) in [6.45, 7) is 0. The molecule has 0 unspecified atom stereocenters. The van der Waals surface area contributed by atoms with Crippen molar-refractivity contribution >= 4 is 21.6 Å². The molecule has 0 spiro atoms. The van der Waals surface area contributed by atoms with Crippen molar-refractivity contribution < 1.29 is 13.9 Å². The second kappa shape index (κ2) is 5.13. The van der Waals surface area contributed by atoms with Crippen LogP contribution in [-0.4, -0.2) is 28.8 Å². The van der Waals surface area contributed by atoms with Gasteiger partial charge in [-0.2, -0.15) is 9.97 Å². The van der Waals surface area contributed by atoms with Crippen LogP contribution in [0.1, 0.15) is 0 Å². The molecule has 3 rings (SSSR count). The van der Waals surface area contributed by atoms with Gasteiger partial charge in [-0.3, -0.25) is 4.79 Å². The molecule has 108 valence electrons. The minimum Gasteiger partial charge on any atom is -0.481 e. The first kappa shape index (κ1) is 13.5. The topological polar surface area (TPSA) is 66.2 Å². The van der Waals surface area contributed by atoms with Crippen molar-refractivity contribution in [2.75, 3.05) is 14.2 Å². The molecule has 2 heterocycles. The lowest BCUT2D eigenvalue weighted by atomic mass is 10.3. The third kappa shape index (κ3) is 2.33. The fraction of sp³-hybridized carbons (Fsp3) is 0.154. The molecule has 0 amide bonds. The van der Waals surface area contributed by atoms with Crippen molar-refractivity contribution in [3.63, 3.8) is 0 Å². The van der Waals surface area contributed by atoms with E-state index in [1.807, 2.05) is 0 Å². The number of thiazole rings is 1. The van der Waals surface area contributed by atoms with E-state index in [1.165, 1.54) is 43.1 Å². The molecule has 3 aromatic rings. The Balaban J connectivity index is 2.29. The average molecular weight is 307 g/mol. The molecule has 21 heavy (non-hydrogen) atoms. The summed E-state index contributed by atoms with van der Waals surface area (Å²) in [5.74, 6) is 0.254. The molecule has 0 fully saturated rings. The molecular weight excluding hydrogens is 297 g/mol. The maximum absolute atomic E-state index is 13.2. The van der Waals surface area contributed by atoms with Crippen LogP contribution in [0.4, 0.5) is 4.39 Å². The van der Waals surface area contributed by atoms with Crippen LogP contribution in [0.15, 0.2) is 29.1 Å². The number of aromatic nitrogens is 3. The Kier molecular flexibility index (Phi) is 3.30. The van der Waals surface area contributed by atoms with Crippen molar-refractivity contribution in [2.45, 2.75) is 0 Å². The number of fused-ring (bicyclic) bond motifs is 1. The fourth-order valence-corrected chi connectivity index (χ4v) is 2.78. The van der Waals surface area contributed by atoms with Crippen molar-refractivity contribution in [2.24, 2.45) is 0 Å². The highest BCUT2D eigenvalue weighted by Crippen LogP contribution is 2.23. The van der Waals surface area contributed by atoms with Crippen molar-refractivity contribution in [1.29, 1.82) is 0 Å². The van der Waals surface area contributed by atoms with E-state index < -0.39 is 5.82 Å². The normalized spacial score (nSPS) is 10.8. The Morgan fingerprint density at radius 1 is 1.14 bits per heavy atom. The Morgan fingerprint density at radius 2 is 1.81 bits per heavy atom. The van der Waals surface area contributed by atoms with Gasteiger partial charge in [0.25, 0.3) is 0 Å². The van der Waals surface area contributed by atoms with Crippen LogP contribution in [0, 0.1) is 5.82 Å². The molecule has 8 heteroatoms. The molecule has 0 aliphatic rings. The van der Waals surface area contributed by atoms with Gasteiger partial charge in [0.1, 0.15) is 5.82 Å². The molecular formula is C13H10FN3O3S. The molecule has 1 aromatic carbocycles. The van der Waals surface area contributed by atoms with Crippen LogP contribution in [0.25, 0.3) is 16.2 Å². The van der Waals surface area contributed by atoms with Crippen LogP contribution in [-0.2, 0) is 0 Å². The quantitative estimate of drug-likeness (QED) is 0.740. The van der Waals surface area contributed by atoms with Gasteiger partial charge >= 0.3 is 4.87 Å². The smallest absolute Gasteiger partial charge is 0.315 e. The Hall–Kier alpha value is -2.48. The van der Waals surface area contributed by atoms with Gasteiger partial charge in [0.15, 0.2) is 0 Å². The molecule has 0 saturated heterocycles. The highest BCUT2D eigenvalue weighted by molar-refractivity contribution is 7.16. The summed E-state index contributed by atoms with van der Waals surface area (Å²) in [5, 5.41) is 0. The molecule has 0 atom stereocenters. The van der Waals surface area contributed by atoms with Crippen LogP contribution < -0.4 is 14.3 Å². The van der Waals surface area contributed by atoms with E-state index in [2.05, 4.69) is 9.97 Å². The monoisotopic (exact) mass is 307 g/mol. The van der Waals surface area contributed by atoms with E-state index in [9.17, 15) is 9.18 Å². The SMILES string of the molecule is COc1cc(OC)nc(-n2c(=O)sc3cc(F)ccc32)n1. The summed E-state index contributed by atoms with van der Waals surface area (Å²) in [6, 6.07) is 5.60. The van der Waals surface area contributed by atoms with E-state index in [0.717, 1.165) is 11.3 Å². The summed E-state index contributed by atoms with van der Waals surface area (Å²) in [6.07, 6.45) is 0. The number of benzene rings is 1. The third-order valence-corrected chi connectivity index (χ3v) is 3.73. The summed E-state index contributed by atoms with van der Waals surface area (Å²) < 4.78 is 25.2. The molecule has 0 N–H and O–H groups in total. The van der Waals surface area contributed by atoms with Gasteiger partial charge in [-0.05, 0) is 18.2 Å². The van der Waals surface area contributed by atoms with Crippen LogP contribution in [0.3, 0.4) is 0 Å². The molecule has 0 bridgehead atoms. The van der Waals surface area contributed by atoms with Gasteiger partial charge in [0.2, 0.25) is 17.7 Å². The standard InChI is InChI=1S/C13H10FN3O3S/c1-19-10-6-11(20-2)16-12(15-10)17-8-4-3-7(14)5-9(8)21-13(17)18/h3-6H,1-2H3. The van der Waals surface area contributed by atoms with E-state index in [0.29, 0.717) is 10.2 Å². The molecule has 2 aromatic heterocycles. The first-order chi connectivity index (χ1) is 10.1. The molecule has 0 aliphatic carbocycles. The summed E-state index contributed by atoms with van der Waals surface area (Å²) in [4.78, 5) is 20.1. The molecule has 0 saturated carbocycles. The first-order valence-corrected chi connectivity index (χ1v) is 6.72. The molecule has 0 radical (unpaired) electrons. The number of ether oxygens (including phenoxy) is 2. The number of nitrogens with zero attached hydrogens (tertiary/aromatic N) is 3. The summed E-state index contributed by atoms with van der Waals surface area (Å²) >= 11 is 0.920. The Morgan fingerprint density at radius 3 is 2.43 bits per heavy atom. The summed E-state index contributed by atoms with van der Waals surface area (Å²) in [7, 11) is 2.91. The number of hydrogen-bond donors (Lipinski definition) is 0. The van der Waals surface area contributed by atoms with Crippen molar-refractivity contribution in [1.82, 2.24) is 14.5 Å². The van der Waals surface area contributed by atoms with E-state index >= 15 is 0 Å². The van der Waals surface area contributed by atoms with Crippen LogP contribution in [0.5, 0.6) is 11.8 Å². The number of hydrogen-bond acceptors (Lipinski definition) is 6. The molecule has 0 aliphatic heterocycles. The zero-order valence-electron chi connectivity index (χ0n) is 11.2. The zero-order valence-corrected chi connectivity index (χ0v) is 12.0. The summed E-state index contributed by atoms with van der Waals surface area (Å²) in [5.41, 5.74) is 0.529. The minimum atomic E-state index is -0.403. The van der Waals surface area contributed by atoms with Crippen molar-refractivity contribution in [3.8, 4) is 17.7 Å². The maximum Gasteiger partial charge on any atom is 0.315 e. The van der Waals surface area contributed by atoms with E-state index in [-0.39, 0.29) is 22.6 Å². The highest BCUT2D eigenvalue weighted by atomic mass is 32.1. The maximum atomic E-state index is 13.2. The van der Waals surface area contributed by atoms with Gasteiger partial charge in [0.05, 0.1) is 30.5 Å². The van der Waals surface area contributed by atoms with Crippen LogP contribution >= 0.6 is 11.3 Å². The second-order valence-electron chi connectivity index (χ2n) is 4.07. The predicted molar refractivity (Wildman–Crippen MR) is 76.1 cm³/mol. The Bertz CT molecular complexity index is 852. The lowest BCUT2D eigenvalue weighted by Gasteiger charge is -2.07. The van der Waals surface area contributed by atoms with E-state index in [4.69, 9.17) is 9.47 Å². The average Bonchev–Trinajstić information content (AvgIpc) is 2.81. The molecule has 6 nitrogen and oxygen atoms in total.